The van der Waals surface area contributed by atoms with Gasteiger partial charge in [0.2, 0.25) is 0 Å². The second-order valence-corrected chi connectivity index (χ2v) is 6.38. The fraction of sp³-hybridized carbons (Fsp3) is 0.176. The van der Waals surface area contributed by atoms with Gasteiger partial charge in [0.1, 0.15) is 5.75 Å². The summed E-state index contributed by atoms with van der Waals surface area (Å²) >= 11 is 3.43. The van der Waals surface area contributed by atoms with Crippen molar-refractivity contribution < 1.29 is 9.53 Å². The van der Waals surface area contributed by atoms with Crippen LogP contribution in [0.5, 0.6) is 5.75 Å². The number of fused-ring (bicyclic) bond motifs is 1. The molecule has 24 heavy (non-hydrogen) atoms. The number of carbonyl (C=O) groups excluding carboxylic acids is 1. The fourth-order valence-corrected chi connectivity index (χ4v) is 2.89. The average Bonchev–Trinajstić information content (AvgIpc) is 2.89. The first-order valence-electron chi connectivity index (χ1n) is 7.38. The summed E-state index contributed by atoms with van der Waals surface area (Å²) in [6.45, 7) is 3.66. The second-order valence-electron chi connectivity index (χ2n) is 5.52. The normalized spacial score (nSPS) is 12.1. The van der Waals surface area contributed by atoms with Crippen LogP contribution in [-0.2, 0) is 4.79 Å². The van der Waals surface area contributed by atoms with Crippen LogP contribution in [0.2, 0.25) is 0 Å². The summed E-state index contributed by atoms with van der Waals surface area (Å²) in [6, 6.07) is 10.8. The summed E-state index contributed by atoms with van der Waals surface area (Å²) in [5, 5.41) is 2.78. The Kier molecular flexibility index (Phi) is 4.44. The lowest BCUT2D eigenvalue weighted by Gasteiger charge is -2.16. The molecule has 7 heteroatoms. The maximum absolute atomic E-state index is 12.3. The van der Waals surface area contributed by atoms with Gasteiger partial charge in [-0.1, -0.05) is 6.07 Å². The predicted molar refractivity (Wildman–Crippen MR) is 96.5 cm³/mol. The summed E-state index contributed by atoms with van der Waals surface area (Å²) in [5.74, 6) is 0.327. The molecule has 6 nitrogen and oxygen atoms in total. The van der Waals surface area contributed by atoms with Gasteiger partial charge in [0.05, 0.1) is 15.5 Å². The fourth-order valence-electron chi connectivity index (χ4n) is 2.30. The summed E-state index contributed by atoms with van der Waals surface area (Å²) in [6.07, 6.45) is -0.676. The molecule has 1 aromatic heterocycles. The lowest BCUT2D eigenvalue weighted by Crippen LogP contribution is -2.30. The number of benzene rings is 2. The van der Waals surface area contributed by atoms with Gasteiger partial charge in [0.25, 0.3) is 5.91 Å². The van der Waals surface area contributed by atoms with Crippen molar-refractivity contribution >= 4 is 38.6 Å². The van der Waals surface area contributed by atoms with E-state index >= 15 is 0 Å². The molecule has 3 rings (SSSR count). The summed E-state index contributed by atoms with van der Waals surface area (Å²) < 4.78 is 6.50. The highest BCUT2D eigenvalue weighted by Gasteiger charge is 2.16. The molecule has 1 amide bonds. The lowest BCUT2D eigenvalue weighted by molar-refractivity contribution is -0.122. The Bertz CT molecular complexity index is 961. The van der Waals surface area contributed by atoms with E-state index in [4.69, 9.17) is 4.74 Å². The van der Waals surface area contributed by atoms with E-state index in [2.05, 4.69) is 31.2 Å². The maximum atomic E-state index is 12.3. The smallest absolute Gasteiger partial charge is 0.323 e. The van der Waals surface area contributed by atoms with Crippen molar-refractivity contribution in [3.05, 3.63) is 56.9 Å². The third-order valence-corrected chi connectivity index (χ3v) is 4.16. The van der Waals surface area contributed by atoms with Gasteiger partial charge in [0, 0.05) is 5.69 Å². The molecular weight excluding hydrogens is 374 g/mol. The van der Waals surface area contributed by atoms with Gasteiger partial charge in [-0.25, -0.2) is 4.79 Å². The lowest BCUT2D eigenvalue weighted by atomic mass is 10.2. The number of aromatic amines is 2. The van der Waals surface area contributed by atoms with Gasteiger partial charge in [-0.15, -0.1) is 0 Å². The minimum absolute atomic E-state index is 0.278. The molecule has 1 heterocycles. The van der Waals surface area contributed by atoms with Crippen molar-refractivity contribution in [3.8, 4) is 5.75 Å². The summed E-state index contributed by atoms with van der Waals surface area (Å²) in [4.78, 5) is 28.9. The van der Waals surface area contributed by atoms with Gasteiger partial charge < -0.3 is 20.0 Å². The minimum atomic E-state index is -0.676. The zero-order valence-electron chi connectivity index (χ0n) is 13.1. The van der Waals surface area contributed by atoms with Crippen LogP contribution in [0.4, 0.5) is 5.69 Å². The van der Waals surface area contributed by atoms with Crippen molar-refractivity contribution in [2.45, 2.75) is 20.0 Å². The van der Waals surface area contributed by atoms with Gasteiger partial charge in [-0.05, 0) is 65.7 Å². The Balaban J connectivity index is 1.71. The Morgan fingerprint density at radius 2 is 1.92 bits per heavy atom. The second kappa shape index (κ2) is 6.52. The number of H-pyrrole nitrogens is 2. The number of carbonyl (C=O) groups is 1. The Labute approximate surface area is 146 Å². The summed E-state index contributed by atoms with van der Waals surface area (Å²) in [7, 11) is 0. The first-order valence-corrected chi connectivity index (χ1v) is 8.17. The van der Waals surface area contributed by atoms with Crippen molar-refractivity contribution in [2.24, 2.45) is 0 Å². The van der Waals surface area contributed by atoms with Crippen molar-refractivity contribution in [1.29, 1.82) is 0 Å². The molecule has 2 aromatic carbocycles. The van der Waals surface area contributed by atoms with Crippen LogP contribution in [0, 0.1) is 6.92 Å². The van der Waals surface area contributed by atoms with E-state index in [1.807, 2.05) is 25.1 Å². The maximum Gasteiger partial charge on any atom is 0.323 e. The Morgan fingerprint density at radius 3 is 2.67 bits per heavy atom. The zero-order chi connectivity index (χ0) is 17.3. The number of nitrogens with one attached hydrogen (secondary N) is 3. The standard InChI is InChI=1S/C17H16BrN3O3/c1-9-3-6-15(12(18)7-9)24-10(2)16(22)19-11-4-5-13-14(8-11)21-17(23)20-13/h3-8,10H,1-2H3,(H,19,22)(H2,20,21,23)/t10-/m0/s1. The van der Waals surface area contributed by atoms with Crippen LogP contribution in [0.15, 0.2) is 45.7 Å². The van der Waals surface area contributed by atoms with Crippen molar-refractivity contribution in [2.75, 3.05) is 5.32 Å². The number of hydrogen-bond donors (Lipinski definition) is 3. The SMILES string of the molecule is Cc1ccc(O[C@@H](C)C(=O)Nc2ccc3[nH]c(=O)[nH]c3c2)c(Br)c1. The summed E-state index contributed by atoms with van der Waals surface area (Å²) in [5.41, 5.74) is 2.72. The largest absolute Gasteiger partial charge is 0.480 e. The number of anilines is 1. The van der Waals surface area contributed by atoms with Crippen LogP contribution in [-0.4, -0.2) is 22.0 Å². The van der Waals surface area contributed by atoms with E-state index in [9.17, 15) is 9.59 Å². The molecule has 0 radical (unpaired) electrons. The van der Waals surface area contributed by atoms with Crippen LogP contribution < -0.4 is 15.7 Å². The molecule has 124 valence electrons. The predicted octanol–water partition coefficient (Wildman–Crippen LogP) is 3.33. The van der Waals surface area contributed by atoms with Crippen LogP contribution in [0.25, 0.3) is 11.0 Å². The molecule has 0 bridgehead atoms. The zero-order valence-corrected chi connectivity index (χ0v) is 14.7. The number of ether oxygens (including phenoxy) is 1. The Hall–Kier alpha value is -2.54. The topological polar surface area (TPSA) is 87.0 Å². The number of aryl methyl sites for hydroxylation is 1. The van der Waals surface area contributed by atoms with E-state index in [1.165, 1.54) is 0 Å². The number of rotatable bonds is 4. The van der Waals surface area contributed by atoms with Gasteiger partial charge >= 0.3 is 5.69 Å². The van der Waals surface area contributed by atoms with Crippen molar-refractivity contribution in [1.82, 2.24) is 9.97 Å². The third kappa shape index (κ3) is 3.51. The molecule has 0 aliphatic carbocycles. The molecule has 0 saturated heterocycles. The number of aromatic nitrogens is 2. The molecule has 0 spiro atoms. The van der Waals surface area contributed by atoms with Crippen LogP contribution in [0.1, 0.15) is 12.5 Å². The highest BCUT2D eigenvalue weighted by atomic mass is 79.9. The molecule has 0 fully saturated rings. The number of amides is 1. The van der Waals surface area contributed by atoms with Gasteiger partial charge in [-0.3, -0.25) is 4.79 Å². The van der Waals surface area contributed by atoms with E-state index in [0.717, 1.165) is 10.0 Å². The van der Waals surface area contributed by atoms with Crippen LogP contribution >= 0.6 is 15.9 Å². The molecule has 3 N–H and O–H groups in total. The van der Waals surface area contributed by atoms with Crippen LogP contribution in [0.3, 0.4) is 0 Å². The third-order valence-electron chi connectivity index (χ3n) is 3.54. The van der Waals surface area contributed by atoms with E-state index in [1.54, 1.807) is 25.1 Å². The molecule has 3 aromatic rings. The number of imidazole rings is 1. The van der Waals surface area contributed by atoms with E-state index < -0.39 is 6.10 Å². The molecule has 0 aliphatic rings. The Morgan fingerprint density at radius 1 is 1.17 bits per heavy atom. The quantitative estimate of drug-likeness (QED) is 0.639. The van der Waals surface area contributed by atoms with Crippen molar-refractivity contribution in [3.63, 3.8) is 0 Å². The molecule has 0 unspecified atom stereocenters. The van der Waals surface area contributed by atoms with Gasteiger partial charge in [0.15, 0.2) is 6.10 Å². The first-order chi connectivity index (χ1) is 11.4. The van der Waals surface area contributed by atoms with Gasteiger partial charge in [-0.2, -0.15) is 0 Å². The minimum Gasteiger partial charge on any atom is -0.480 e. The molecule has 1 atom stereocenters. The van der Waals surface area contributed by atoms with E-state index in [-0.39, 0.29) is 11.6 Å². The highest BCUT2D eigenvalue weighted by Crippen LogP contribution is 2.27. The monoisotopic (exact) mass is 389 g/mol. The van der Waals surface area contributed by atoms with E-state index in [0.29, 0.717) is 22.5 Å². The number of halogens is 1. The highest BCUT2D eigenvalue weighted by molar-refractivity contribution is 9.10. The first kappa shape index (κ1) is 16.3. The molecule has 0 saturated carbocycles. The molecule has 0 aliphatic heterocycles. The number of hydrogen-bond acceptors (Lipinski definition) is 3. The average molecular weight is 390 g/mol. The molecular formula is C17H16BrN3O3.